The summed E-state index contributed by atoms with van der Waals surface area (Å²) in [5, 5.41) is 10.7. The molecule has 3 unspecified atom stereocenters. The first-order chi connectivity index (χ1) is 10.8. The largest absolute Gasteiger partial charge is 0.392 e. The van der Waals surface area contributed by atoms with E-state index in [1.165, 1.54) is 18.5 Å². The zero-order valence-corrected chi connectivity index (χ0v) is 15.0. The van der Waals surface area contributed by atoms with Crippen molar-refractivity contribution in [2.75, 3.05) is 7.05 Å². The number of hydrogen-bond donors (Lipinski definition) is 1. The van der Waals surface area contributed by atoms with E-state index in [4.69, 9.17) is 0 Å². The second kappa shape index (κ2) is 4.84. The van der Waals surface area contributed by atoms with Crippen molar-refractivity contribution in [2.45, 2.75) is 65.4 Å². The number of carbonyl (C=O) groups is 1. The van der Waals surface area contributed by atoms with Crippen LogP contribution in [0.25, 0.3) is 0 Å². The highest BCUT2D eigenvalue weighted by Crippen LogP contribution is 2.65. The lowest BCUT2D eigenvalue weighted by atomic mass is 9.49. The Kier molecular flexibility index (Phi) is 3.30. The highest BCUT2D eigenvalue weighted by molar-refractivity contribution is 5.79. The monoisotopic (exact) mass is 317 g/mol. The Hall–Kier alpha value is -0.830. The van der Waals surface area contributed by atoms with Crippen LogP contribution in [0.4, 0.5) is 0 Å². The Morgan fingerprint density at radius 2 is 2.00 bits per heavy atom. The summed E-state index contributed by atoms with van der Waals surface area (Å²) in [5.74, 6) is 2.71. The van der Waals surface area contributed by atoms with E-state index in [9.17, 15) is 9.90 Å². The van der Waals surface area contributed by atoms with Crippen LogP contribution in [0.2, 0.25) is 0 Å². The van der Waals surface area contributed by atoms with Crippen LogP contribution >= 0.6 is 0 Å². The molecule has 0 aromatic carbocycles. The number of amides is 1. The maximum atomic E-state index is 12.1. The number of fused-ring (bicyclic) bond motifs is 5. The van der Waals surface area contributed by atoms with Gasteiger partial charge in [0.15, 0.2) is 0 Å². The minimum atomic E-state index is -0.137. The van der Waals surface area contributed by atoms with Crippen molar-refractivity contribution in [1.29, 1.82) is 0 Å². The maximum Gasteiger partial charge on any atom is 0.226 e. The maximum absolute atomic E-state index is 12.1. The van der Waals surface area contributed by atoms with Gasteiger partial charge in [-0.15, -0.1) is 0 Å². The molecule has 1 N–H and O–H groups in total. The van der Waals surface area contributed by atoms with Gasteiger partial charge in [0.1, 0.15) is 0 Å². The van der Waals surface area contributed by atoms with Crippen LogP contribution < -0.4 is 0 Å². The second-order valence-electron chi connectivity index (χ2n) is 9.27. The van der Waals surface area contributed by atoms with Gasteiger partial charge in [-0.05, 0) is 61.2 Å². The fourth-order valence-electron chi connectivity index (χ4n) is 6.92. The number of piperidine rings is 1. The Labute approximate surface area is 140 Å². The highest BCUT2D eigenvalue weighted by Gasteiger charge is 2.60. The minimum absolute atomic E-state index is 0.110. The lowest BCUT2D eigenvalue weighted by molar-refractivity contribution is -0.136. The molecular weight excluding hydrogens is 286 g/mol. The van der Waals surface area contributed by atoms with Gasteiger partial charge in [-0.25, -0.2) is 0 Å². The van der Waals surface area contributed by atoms with Crippen LogP contribution in [-0.4, -0.2) is 29.1 Å². The Morgan fingerprint density at radius 1 is 1.26 bits per heavy atom. The molecule has 3 nitrogen and oxygen atoms in total. The normalized spacial score (nSPS) is 52.6. The molecule has 4 rings (SSSR count). The number of likely N-dealkylation sites (tertiary alicyclic amines) is 1. The van der Waals surface area contributed by atoms with Gasteiger partial charge >= 0.3 is 0 Å². The number of rotatable bonds is 0. The van der Waals surface area contributed by atoms with Gasteiger partial charge in [0.25, 0.3) is 0 Å². The molecule has 128 valence electrons. The van der Waals surface area contributed by atoms with Crippen LogP contribution in [0.15, 0.2) is 11.8 Å². The van der Waals surface area contributed by atoms with Gasteiger partial charge in [-0.2, -0.15) is 0 Å². The summed E-state index contributed by atoms with van der Waals surface area (Å²) in [6, 6.07) is 0. The molecule has 23 heavy (non-hydrogen) atoms. The summed E-state index contributed by atoms with van der Waals surface area (Å²) in [5.41, 5.74) is 1.55. The first-order valence-electron chi connectivity index (χ1n) is 9.44. The number of aliphatic hydroxyl groups is 1. The molecule has 0 aromatic rings. The Morgan fingerprint density at radius 3 is 2.74 bits per heavy atom. The summed E-state index contributed by atoms with van der Waals surface area (Å²) < 4.78 is 0. The van der Waals surface area contributed by atoms with Crippen molar-refractivity contribution < 1.29 is 9.90 Å². The molecule has 0 spiro atoms. The predicted molar refractivity (Wildman–Crippen MR) is 90.4 cm³/mol. The molecule has 3 fully saturated rings. The van der Waals surface area contributed by atoms with Crippen molar-refractivity contribution >= 4 is 5.91 Å². The summed E-state index contributed by atoms with van der Waals surface area (Å²) in [6.45, 7) is 6.96. The van der Waals surface area contributed by atoms with E-state index in [2.05, 4.69) is 26.8 Å². The third-order valence-electron chi connectivity index (χ3n) is 8.30. The van der Waals surface area contributed by atoms with Crippen molar-refractivity contribution in [1.82, 2.24) is 4.90 Å². The molecule has 7 atom stereocenters. The average molecular weight is 317 g/mol. The Bertz CT molecular complexity index is 570. The van der Waals surface area contributed by atoms with Crippen LogP contribution in [0, 0.1) is 34.5 Å². The zero-order chi connectivity index (χ0) is 16.6. The Balaban J connectivity index is 1.71. The predicted octanol–water partition coefficient (Wildman–Crippen LogP) is 3.58. The van der Waals surface area contributed by atoms with Crippen LogP contribution in [0.1, 0.15) is 59.3 Å². The molecule has 0 aromatic heterocycles. The van der Waals surface area contributed by atoms with Crippen molar-refractivity contribution in [3.8, 4) is 0 Å². The lowest BCUT2D eigenvalue weighted by Crippen LogP contribution is -2.54. The standard InChI is InChI=1S/C20H31NO2/c1-12-11-15-13-5-6-16-19(2,10-8-17(22)21(16)4)14(13)7-9-20(15,3)18(12)23/h6,12-15,18,23H,5,7-11H2,1-4H3/t12-,13?,14?,15?,18-,19+,20-/m0/s1. The van der Waals surface area contributed by atoms with E-state index in [-0.39, 0.29) is 22.8 Å². The number of aliphatic hydroxyl groups excluding tert-OH is 1. The molecule has 2 saturated carbocycles. The fraction of sp³-hybridized carbons (Fsp3) is 0.850. The first kappa shape index (κ1) is 15.7. The SMILES string of the molecule is C[C@H]1CC2C3CC=C4N(C)C(=O)CC[C@]4(C)C3CC[C@]2(C)[C@H]1O. The number of hydrogen-bond acceptors (Lipinski definition) is 2. The number of nitrogens with zero attached hydrogens (tertiary/aromatic N) is 1. The zero-order valence-electron chi connectivity index (χ0n) is 15.0. The summed E-state index contributed by atoms with van der Waals surface area (Å²) >= 11 is 0. The minimum Gasteiger partial charge on any atom is -0.392 e. The highest BCUT2D eigenvalue weighted by atomic mass is 16.3. The quantitative estimate of drug-likeness (QED) is 0.742. The van der Waals surface area contributed by atoms with Crippen LogP contribution in [0.3, 0.4) is 0 Å². The van der Waals surface area contributed by atoms with E-state index < -0.39 is 0 Å². The smallest absolute Gasteiger partial charge is 0.226 e. The fourth-order valence-corrected chi connectivity index (χ4v) is 6.92. The molecule has 0 radical (unpaired) electrons. The molecule has 3 heteroatoms. The molecule has 0 bridgehead atoms. The molecular formula is C20H31NO2. The molecule has 1 heterocycles. The van der Waals surface area contributed by atoms with Crippen molar-refractivity contribution in [3.63, 3.8) is 0 Å². The number of allylic oxidation sites excluding steroid dienone is 2. The van der Waals surface area contributed by atoms with E-state index in [0.29, 0.717) is 30.1 Å². The van der Waals surface area contributed by atoms with E-state index in [1.54, 1.807) is 0 Å². The molecule has 1 saturated heterocycles. The lowest BCUT2D eigenvalue weighted by Gasteiger charge is -2.58. The van der Waals surface area contributed by atoms with E-state index in [1.807, 2.05) is 11.9 Å². The van der Waals surface area contributed by atoms with Crippen LogP contribution in [-0.2, 0) is 4.79 Å². The van der Waals surface area contributed by atoms with Gasteiger partial charge in [0, 0.05) is 24.6 Å². The summed E-state index contributed by atoms with van der Waals surface area (Å²) in [4.78, 5) is 14.1. The second-order valence-corrected chi connectivity index (χ2v) is 9.27. The molecule has 1 aliphatic heterocycles. The van der Waals surface area contributed by atoms with Gasteiger partial charge in [0.2, 0.25) is 5.91 Å². The first-order valence-corrected chi connectivity index (χ1v) is 9.44. The average Bonchev–Trinajstić information content (AvgIpc) is 2.75. The van der Waals surface area contributed by atoms with Gasteiger partial charge < -0.3 is 10.0 Å². The van der Waals surface area contributed by atoms with E-state index in [0.717, 1.165) is 19.3 Å². The topological polar surface area (TPSA) is 40.5 Å². The third kappa shape index (κ3) is 1.89. The van der Waals surface area contributed by atoms with E-state index >= 15 is 0 Å². The van der Waals surface area contributed by atoms with Gasteiger partial charge in [-0.3, -0.25) is 4.79 Å². The third-order valence-corrected chi connectivity index (χ3v) is 8.30. The van der Waals surface area contributed by atoms with Crippen molar-refractivity contribution in [3.05, 3.63) is 11.8 Å². The van der Waals surface area contributed by atoms with Gasteiger partial charge in [-0.1, -0.05) is 26.8 Å². The van der Waals surface area contributed by atoms with Crippen LogP contribution in [0.5, 0.6) is 0 Å². The summed E-state index contributed by atoms with van der Waals surface area (Å²) in [7, 11) is 1.96. The molecule has 1 amide bonds. The summed E-state index contributed by atoms with van der Waals surface area (Å²) in [6.07, 6.45) is 8.53. The number of carbonyl (C=O) groups excluding carboxylic acids is 1. The molecule has 3 aliphatic carbocycles. The van der Waals surface area contributed by atoms with Gasteiger partial charge in [0.05, 0.1) is 6.10 Å². The van der Waals surface area contributed by atoms with Crippen molar-refractivity contribution in [2.24, 2.45) is 34.5 Å². The molecule has 4 aliphatic rings.